The molecule has 2 rings (SSSR count). The van der Waals surface area contributed by atoms with Crippen molar-refractivity contribution < 1.29 is 19.5 Å². The minimum Gasteiger partial charge on any atom is -0.508 e. The lowest BCUT2D eigenvalue weighted by atomic mass is 10.0. The van der Waals surface area contributed by atoms with Gasteiger partial charge in [-0.3, -0.25) is 4.79 Å². The third kappa shape index (κ3) is 1.87. The molecule has 1 aromatic rings. The van der Waals surface area contributed by atoms with Gasteiger partial charge in [-0.15, -0.1) is 5.48 Å². The van der Waals surface area contributed by atoms with Crippen molar-refractivity contribution in [1.29, 1.82) is 0 Å². The van der Waals surface area contributed by atoms with Crippen molar-refractivity contribution in [1.82, 2.24) is 5.48 Å². The topological polar surface area (TPSA) is 67.8 Å². The Bertz CT molecular complexity index is 391. The lowest BCUT2D eigenvalue weighted by molar-refractivity contribution is -0.141. The monoisotopic (exact) mass is 209 g/mol. The Hall–Kier alpha value is -1.75. The molecule has 0 saturated carbocycles. The zero-order valence-electron chi connectivity index (χ0n) is 8.19. The van der Waals surface area contributed by atoms with Gasteiger partial charge in [-0.25, -0.2) is 0 Å². The number of phenolic OH excluding ortho intramolecular Hbond substituents is 1. The normalized spacial score (nSPS) is 18.1. The number of hydroxylamine groups is 1. The zero-order chi connectivity index (χ0) is 10.8. The second kappa shape index (κ2) is 3.78. The molecule has 0 spiro atoms. The first-order valence-corrected chi connectivity index (χ1v) is 4.53. The molecule has 0 amide bonds. The maximum absolute atomic E-state index is 11.1. The standard InChI is InChI=1S/C10H11NO4/c1-14-10(13)5-8-7-4-6(12)2-3-9(7)15-11-8/h2-4,8,11-12H,5H2,1H3. The van der Waals surface area contributed by atoms with Crippen molar-refractivity contribution in [3.05, 3.63) is 23.8 Å². The number of fused-ring (bicyclic) bond motifs is 1. The summed E-state index contributed by atoms with van der Waals surface area (Å²) in [4.78, 5) is 16.2. The Morgan fingerprint density at radius 1 is 1.67 bits per heavy atom. The van der Waals surface area contributed by atoms with Crippen molar-refractivity contribution in [2.24, 2.45) is 0 Å². The van der Waals surface area contributed by atoms with E-state index in [4.69, 9.17) is 4.84 Å². The first-order valence-electron chi connectivity index (χ1n) is 4.53. The largest absolute Gasteiger partial charge is 0.508 e. The smallest absolute Gasteiger partial charge is 0.307 e. The second-order valence-corrected chi connectivity index (χ2v) is 3.27. The van der Waals surface area contributed by atoms with Gasteiger partial charge >= 0.3 is 5.97 Å². The van der Waals surface area contributed by atoms with Crippen LogP contribution in [0, 0.1) is 0 Å². The molecule has 1 unspecified atom stereocenters. The van der Waals surface area contributed by atoms with Crippen LogP contribution in [0.5, 0.6) is 11.5 Å². The van der Waals surface area contributed by atoms with E-state index < -0.39 is 0 Å². The molecule has 0 aromatic heterocycles. The summed E-state index contributed by atoms with van der Waals surface area (Å²) >= 11 is 0. The van der Waals surface area contributed by atoms with Crippen LogP contribution in [0.4, 0.5) is 0 Å². The van der Waals surface area contributed by atoms with E-state index in [0.29, 0.717) is 5.75 Å². The van der Waals surface area contributed by atoms with Crippen molar-refractivity contribution in [2.45, 2.75) is 12.5 Å². The molecule has 1 atom stereocenters. The van der Waals surface area contributed by atoms with Crippen LogP contribution in [0.15, 0.2) is 18.2 Å². The summed E-state index contributed by atoms with van der Waals surface area (Å²) in [6, 6.07) is 4.48. The van der Waals surface area contributed by atoms with E-state index in [2.05, 4.69) is 10.2 Å². The van der Waals surface area contributed by atoms with Gasteiger partial charge in [-0.2, -0.15) is 0 Å². The van der Waals surface area contributed by atoms with Crippen LogP contribution in [0.25, 0.3) is 0 Å². The summed E-state index contributed by atoms with van der Waals surface area (Å²) in [5.41, 5.74) is 3.47. The lowest BCUT2D eigenvalue weighted by Crippen LogP contribution is -2.20. The highest BCUT2D eigenvalue weighted by molar-refractivity contribution is 5.70. The number of nitrogens with one attached hydrogen (secondary N) is 1. The molecule has 0 radical (unpaired) electrons. The number of hydrogen-bond donors (Lipinski definition) is 2. The molecule has 0 aliphatic carbocycles. The van der Waals surface area contributed by atoms with Crippen molar-refractivity contribution >= 4 is 5.97 Å². The van der Waals surface area contributed by atoms with Crippen molar-refractivity contribution in [3.63, 3.8) is 0 Å². The Labute approximate surface area is 86.6 Å². The van der Waals surface area contributed by atoms with Crippen LogP contribution < -0.4 is 10.3 Å². The highest BCUT2D eigenvalue weighted by Crippen LogP contribution is 2.35. The SMILES string of the molecule is COC(=O)CC1NOc2ccc(O)cc21. The van der Waals surface area contributed by atoms with Gasteiger partial charge in [0.1, 0.15) is 5.75 Å². The molecule has 2 N–H and O–H groups in total. The molecule has 1 aromatic carbocycles. The van der Waals surface area contributed by atoms with Gasteiger partial charge in [-0.05, 0) is 18.2 Å². The molecule has 0 saturated heterocycles. The van der Waals surface area contributed by atoms with Gasteiger partial charge in [0.05, 0.1) is 19.6 Å². The molecule has 1 aliphatic heterocycles. The molecular formula is C10H11NO4. The van der Waals surface area contributed by atoms with E-state index in [1.165, 1.54) is 13.2 Å². The molecule has 0 bridgehead atoms. The maximum atomic E-state index is 11.1. The number of esters is 1. The van der Waals surface area contributed by atoms with Crippen LogP contribution in [-0.2, 0) is 9.53 Å². The average Bonchev–Trinajstić information content (AvgIpc) is 2.61. The van der Waals surface area contributed by atoms with Crippen LogP contribution in [0.1, 0.15) is 18.0 Å². The minimum atomic E-state index is -0.327. The fourth-order valence-corrected chi connectivity index (χ4v) is 1.50. The Kier molecular flexibility index (Phi) is 2.47. The quantitative estimate of drug-likeness (QED) is 0.708. The van der Waals surface area contributed by atoms with Crippen LogP contribution in [0.2, 0.25) is 0 Å². The first kappa shape index (κ1) is 9.79. The third-order valence-electron chi connectivity index (χ3n) is 2.28. The van der Waals surface area contributed by atoms with Crippen LogP contribution in [0.3, 0.4) is 0 Å². The van der Waals surface area contributed by atoms with Crippen molar-refractivity contribution in [3.8, 4) is 11.5 Å². The fraction of sp³-hybridized carbons (Fsp3) is 0.300. The summed E-state index contributed by atoms with van der Waals surface area (Å²) in [5.74, 6) is 0.449. The van der Waals surface area contributed by atoms with E-state index in [1.54, 1.807) is 12.1 Å². The molecule has 5 nitrogen and oxygen atoms in total. The number of phenols is 1. The molecule has 15 heavy (non-hydrogen) atoms. The molecule has 1 heterocycles. The van der Waals surface area contributed by atoms with E-state index in [0.717, 1.165) is 5.56 Å². The predicted octanol–water partition coefficient (Wildman–Crippen LogP) is 0.893. The molecule has 80 valence electrons. The van der Waals surface area contributed by atoms with Gasteiger partial charge in [0.2, 0.25) is 0 Å². The first-order chi connectivity index (χ1) is 7.20. The predicted molar refractivity (Wildman–Crippen MR) is 51.2 cm³/mol. The summed E-state index contributed by atoms with van der Waals surface area (Å²) in [5, 5.41) is 9.31. The third-order valence-corrected chi connectivity index (χ3v) is 2.28. The number of aromatic hydroxyl groups is 1. The Morgan fingerprint density at radius 2 is 2.47 bits per heavy atom. The number of hydrogen-bond acceptors (Lipinski definition) is 5. The second-order valence-electron chi connectivity index (χ2n) is 3.27. The van der Waals surface area contributed by atoms with E-state index >= 15 is 0 Å². The zero-order valence-corrected chi connectivity index (χ0v) is 8.19. The number of rotatable bonds is 2. The van der Waals surface area contributed by atoms with Gasteiger partial charge in [0, 0.05) is 5.56 Å². The summed E-state index contributed by atoms with van der Waals surface area (Å²) in [7, 11) is 1.33. The van der Waals surface area contributed by atoms with Gasteiger partial charge in [0.15, 0.2) is 5.75 Å². The van der Waals surface area contributed by atoms with E-state index in [9.17, 15) is 9.90 Å². The van der Waals surface area contributed by atoms with Crippen LogP contribution in [-0.4, -0.2) is 18.2 Å². The van der Waals surface area contributed by atoms with Crippen LogP contribution >= 0.6 is 0 Å². The molecular weight excluding hydrogens is 198 g/mol. The highest BCUT2D eigenvalue weighted by Gasteiger charge is 2.26. The Morgan fingerprint density at radius 3 is 3.20 bits per heavy atom. The molecule has 0 fully saturated rings. The summed E-state index contributed by atoms with van der Waals surface area (Å²) < 4.78 is 4.56. The number of carbonyl (C=O) groups is 1. The fourth-order valence-electron chi connectivity index (χ4n) is 1.50. The van der Waals surface area contributed by atoms with E-state index in [-0.39, 0.29) is 24.2 Å². The molecule has 5 heteroatoms. The van der Waals surface area contributed by atoms with Gasteiger partial charge in [0.25, 0.3) is 0 Å². The number of carbonyl (C=O) groups excluding carboxylic acids is 1. The van der Waals surface area contributed by atoms with Gasteiger partial charge < -0.3 is 14.7 Å². The Balaban J connectivity index is 2.20. The minimum absolute atomic E-state index is 0.149. The highest BCUT2D eigenvalue weighted by atomic mass is 16.7. The summed E-state index contributed by atoms with van der Waals surface area (Å²) in [6.07, 6.45) is 0.174. The molecule has 1 aliphatic rings. The summed E-state index contributed by atoms with van der Waals surface area (Å²) in [6.45, 7) is 0. The van der Waals surface area contributed by atoms with Gasteiger partial charge in [-0.1, -0.05) is 0 Å². The van der Waals surface area contributed by atoms with Crippen molar-refractivity contribution in [2.75, 3.05) is 7.11 Å². The average molecular weight is 209 g/mol. The van der Waals surface area contributed by atoms with E-state index in [1.807, 2.05) is 0 Å². The number of ether oxygens (including phenoxy) is 1. The lowest BCUT2D eigenvalue weighted by Gasteiger charge is -2.06. The maximum Gasteiger partial charge on any atom is 0.307 e. The number of benzene rings is 1. The number of methoxy groups -OCH3 is 1.